The molecule has 0 radical (unpaired) electrons. The molecular formula is C14H20ClNO2. The minimum atomic E-state index is -0.499. The van der Waals surface area contributed by atoms with Crippen LogP contribution in [0.4, 0.5) is 0 Å². The molecule has 0 aliphatic heterocycles. The van der Waals surface area contributed by atoms with Gasteiger partial charge in [-0.15, -0.1) is 0 Å². The molecular weight excluding hydrogens is 250 g/mol. The third kappa shape index (κ3) is 3.72. The number of hydrogen-bond acceptors (Lipinski definition) is 3. The van der Waals surface area contributed by atoms with E-state index in [0.29, 0.717) is 10.8 Å². The van der Waals surface area contributed by atoms with E-state index in [1.807, 2.05) is 20.8 Å². The Morgan fingerprint density at radius 2 is 2.06 bits per heavy atom. The Labute approximate surface area is 113 Å². The standard InChI is InChI=1S/C14H20ClNO2/c1-14(2,3)13(16)11(17)8-9-7-10(15)5-6-12(9)18-4/h5-7,13H,8,16H2,1-4H3. The van der Waals surface area contributed by atoms with Gasteiger partial charge in [-0.1, -0.05) is 32.4 Å². The Bertz CT molecular complexity index is 438. The molecule has 18 heavy (non-hydrogen) atoms. The molecule has 0 amide bonds. The predicted molar refractivity (Wildman–Crippen MR) is 74.1 cm³/mol. The largest absolute Gasteiger partial charge is 0.496 e. The van der Waals surface area contributed by atoms with Crippen molar-refractivity contribution in [2.45, 2.75) is 33.2 Å². The fourth-order valence-corrected chi connectivity index (χ4v) is 1.86. The van der Waals surface area contributed by atoms with Gasteiger partial charge in [0.1, 0.15) is 5.75 Å². The van der Waals surface area contributed by atoms with Crippen LogP contribution in [-0.2, 0) is 11.2 Å². The highest BCUT2D eigenvalue weighted by atomic mass is 35.5. The van der Waals surface area contributed by atoms with Crippen molar-refractivity contribution in [3.63, 3.8) is 0 Å². The van der Waals surface area contributed by atoms with E-state index in [9.17, 15) is 4.79 Å². The number of methoxy groups -OCH3 is 1. The lowest BCUT2D eigenvalue weighted by molar-refractivity contribution is -0.121. The van der Waals surface area contributed by atoms with E-state index in [4.69, 9.17) is 22.1 Å². The van der Waals surface area contributed by atoms with Gasteiger partial charge in [-0.3, -0.25) is 4.79 Å². The number of carbonyl (C=O) groups excluding carboxylic acids is 1. The molecule has 1 rings (SSSR count). The van der Waals surface area contributed by atoms with E-state index < -0.39 is 6.04 Å². The molecule has 1 atom stereocenters. The predicted octanol–water partition coefficient (Wildman–Crippen LogP) is 2.83. The van der Waals surface area contributed by atoms with Gasteiger partial charge >= 0.3 is 0 Å². The van der Waals surface area contributed by atoms with Gasteiger partial charge in [0.2, 0.25) is 0 Å². The molecule has 2 N–H and O–H groups in total. The summed E-state index contributed by atoms with van der Waals surface area (Å²) in [5.74, 6) is 0.650. The topological polar surface area (TPSA) is 52.3 Å². The van der Waals surface area contributed by atoms with Crippen LogP contribution in [0.15, 0.2) is 18.2 Å². The van der Waals surface area contributed by atoms with Crippen molar-refractivity contribution in [1.82, 2.24) is 0 Å². The molecule has 0 fully saturated rings. The van der Waals surface area contributed by atoms with Crippen molar-refractivity contribution in [1.29, 1.82) is 0 Å². The van der Waals surface area contributed by atoms with Crippen LogP contribution in [0.2, 0.25) is 5.02 Å². The number of hydrogen-bond donors (Lipinski definition) is 1. The van der Waals surface area contributed by atoms with E-state index in [0.717, 1.165) is 5.56 Å². The van der Waals surface area contributed by atoms with E-state index in [1.54, 1.807) is 25.3 Å². The summed E-state index contributed by atoms with van der Waals surface area (Å²) in [7, 11) is 1.57. The maximum Gasteiger partial charge on any atom is 0.154 e. The Hall–Kier alpha value is -1.06. The number of ketones is 1. The monoisotopic (exact) mass is 269 g/mol. The normalized spacial score (nSPS) is 13.2. The fraction of sp³-hybridized carbons (Fsp3) is 0.500. The summed E-state index contributed by atoms with van der Waals surface area (Å²) in [4.78, 5) is 12.1. The molecule has 0 bridgehead atoms. The van der Waals surface area contributed by atoms with Crippen LogP contribution in [0.3, 0.4) is 0 Å². The number of rotatable bonds is 4. The van der Waals surface area contributed by atoms with Gasteiger partial charge in [0.25, 0.3) is 0 Å². The molecule has 3 nitrogen and oxygen atoms in total. The molecule has 100 valence electrons. The summed E-state index contributed by atoms with van der Waals surface area (Å²) in [6, 6.07) is 4.74. The zero-order valence-corrected chi connectivity index (χ0v) is 12.0. The second-order valence-corrected chi connectivity index (χ2v) is 5.88. The van der Waals surface area contributed by atoms with Crippen molar-refractivity contribution in [2.75, 3.05) is 7.11 Å². The van der Waals surface area contributed by atoms with Crippen LogP contribution in [0.1, 0.15) is 26.3 Å². The van der Waals surface area contributed by atoms with E-state index in [-0.39, 0.29) is 17.6 Å². The van der Waals surface area contributed by atoms with Gasteiger partial charge in [0, 0.05) is 17.0 Å². The number of Topliss-reactive ketones (excluding diaryl/α,β-unsaturated/α-hetero) is 1. The molecule has 0 spiro atoms. The molecule has 1 aromatic rings. The average molecular weight is 270 g/mol. The third-order valence-electron chi connectivity index (χ3n) is 2.89. The summed E-state index contributed by atoms with van der Waals surface area (Å²) >= 11 is 5.93. The second kappa shape index (κ2) is 5.72. The minimum Gasteiger partial charge on any atom is -0.496 e. The van der Waals surface area contributed by atoms with Crippen molar-refractivity contribution in [3.8, 4) is 5.75 Å². The van der Waals surface area contributed by atoms with Gasteiger partial charge < -0.3 is 10.5 Å². The zero-order chi connectivity index (χ0) is 13.9. The average Bonchev–Trinajstić information content (AvgIpc) is 2.27. The highest BCUT2D eigenvalue weighted by molar-refractivity contribution is 6.30. The van der Waals surface area contributed by atoms with E-state index in [1.165, 1.54) is 0 Å². The van der Waals surface area contributed by atoms with Crippen molar-refractivity contribution < 1.29 is 9.53 Å². The first-order valence-corrected chi connectivity index (χ1v) is 6.24. The van der Waals surface area contributed by atoms with Gasteiger partial charge in [0.15, 0.2) is 5.78 Å². The first-order chi connectivity index (χ1) is 8.25. The van der Waals surface area contributed by atoms with Crippen LogP contribution in [-0.4, -0.2) is 18.9 Å². The molecule has 0 heterocycles. The number of halogens is 1. The third-order valence-corrected chi connectivity index (χ3v) is 3.12. The molecule has 0 saturated carbocycles. The molecule has 1 unspecified atom stereocenters. The molecule has 4 heteroatoms. The highest BCUT2D eigenvalue weighted by Gasteiger charge is 2.27. The Kier molecular flexibility index (Phi) is 4.77. The molecule has 0 aliphatic rings. The van der Waals surface area contributed by atoms with E-state index >= 15 is 0 Å². The Morgan fingerprint density at radius 1 is 1.44 bits per heavy atom. The van der Waals surface area contributed by atoms with Crippen LogP contribution in [0, 0.1) is 5.41 Å². The Balaban J connectivity index is 2.91. The van der Waals surface area contributed by atoms with Gasteiger partial charge in [-0.05, 0) is 23.6 Å². The van der Waals surface area contributed by atoms with E-state index in [2.05, 4.69) is 0 Å². The first-order valence-electron chi connectivity index (χ1n) is 5.86. The summed E-state index contributed by atoms with van der Waals surface area (Å²) in [6.45, 7) is 5.85. The second-order valence-electron chi connectivity index (χ2n) is 5.44. The lowest BCUT2D eigenvalue weighted by Crippen LogP contribution is -2.43. The summed E-state index contributed by atoms with van der Waals surface area (Å²) in [5.41, 5.74) is 6.47. The number of nitrogens with two attached hydrogens (primary N) is 1. The number of ether oxygens (including phenoxy) is 1. The summed E-state index contributed by atoms with van der Waals surface area (Å²) in [6.07, 6.45) is 0.238. The van der Waals surface area contributed by atoms with Crippen molar-refractivity contribution >= 4 is 17.4 Å². The van der Waals surface area contributed by atoms with Gasteiger partial charge in [0.05, 0.1) is 13.2 Å². The molecule has 1 aromatic carbocycles. The van der Waals surface area contributed by atoms with Crippen molar-refractivity contribution in [2.24, 2.45) is 11.1 Å². The summed E-state index contributed by atoms with van der Waals surface area (Å²) < 4.78 is 5.21. The lowest BCUT2D eigenvalue weighted by atomic mass is 9.83. The molecule has 0 aromatic heterocycles. The van der Waals surface area contributed by atoms with Gasteiger partial charge in [-0.25, -0.2) is 0 Å². The lowest BCUT2D eigenvalue weighted by Gasteiger charge is -2.25. The fourth-order valence-electron chi connectivity index (χ4n) is 1.67. The quantitative estimate of drug-likeness (QED) is 0.914. The molecule has 0 saturated heterocycles. The number of benzene rings is 1. The van der Waals surface area contributed by atoms with Crippen LogP contribution in [0.5, 0.6) is 5.75 Å². The SMILES string of the molecule is COc1ccc(Cl)cc1CC(=O)C(N)C(C)(C)C. The smallest absolute Gasteiger partial charge is 0.154 e. The van der Waals surface area contributed by atoms with Crippen LogP contribution in [0.25, 0.3) is 0 Å². The zero-order valence-electron chi connectivity index (χ0n) is 11.3. The van der Waals surface area contributed by atoms with Gasteiger partial charge in [-0.2, -0.15) is 0 Å². The number of carbonyl (C=O) groups is 1. The first kappa shape index (κ1) is 15.0. The van der Waals surface area contributed by atoms with Crippen molar-refractivity contribution in [3.05, 3.63) is 28.8 Å². The van der Waals surface area contributed by atoms with Crippen LogP contribution >= 0.6 is 11.6 Å². The maximum absolute atomic E-state index is 12.1. The minimum absolute atomic E-state index is 0.0110. The maximum atomic E-state index is 12.1. The summed E-state index contributed by atoms with van der Waals surface area (Å²) in [5, 5.41) is 0.586. The molecule has 0 aliphatic carbocycles. The highest BCUT2D eigenvalue weighted by Crippen LogP contribution is 2.25. The van der Waals surface area contributed by atoms with Crippen LogP contribution < -0.4 is 10.5 Å². The Morgan fingerprint density at radius 3 is 2.56 bits per heavy atom.